The number of benzene rings is 2. The van der Waals surface area contributed by atoms with E-state index in [9.17, 15) is 4.79 Å². The lowest BCUT2D eigenvalue weighted by atomic mass is 9.90. The summed E-state index contributed by atoms with van der Waals surface area (Å²) in [5.41, 5.74) is 4.42. The van der Waals surface area contributed by atoms with Crippen molar-refractivity contribution in [2.24, 2.45) is 0 Å². The Morgan fingerprint density at radius 2 is 1.81 bits per heavy atom. The number of anilines is 1. The lowest BCUT2D eigenvalue weighted by Gasteiger charge is -2.16. The summed E-state index contributed by atoms with van der Waals surface area (Å²) in [7, 11) is 0. The van der Waals surface area contributed by atoms with E-state index in [-0.39, 0.29) is 0 Å². The summed E-state index contributed by atoms with van der Waals surface area (Å²) in [6, 6.07) is 17.1. The fraction of sp³-hybridized carbons (Fsp3) is 0.200. The van der Waals surface area contributed by atoms with Gasteiger partial charge in [0, 0.05) is 31.2 Å². The van der Waals surface area contributed by atoms with Gasteiger partial charge in [0.25, 0.3) is 5.91 Å². The van der Waals surface area contributed by atoms with Gasteiger partial charge in [-0.25, -0.2) is 10.5 Å². The summed E-state index contributed by atoms with van der Waals surface area (Å²) in [6.07, 6.45) is 6.52. The second-order valence-electron chi connectivity index (χ2n) is 6.02. The maximum atomic E-state index is 12.1. The van der Waals surface area contributed by atoms with E-state index in [4.69, 9.17) is 5.21 Å². The van der Waals surface area contributed by atoms with E-state index in [1.807, 2.05) is 71.7 Å². The van der Waals surface area contributed by atoms with Crippen LogP contribution in [0.15, 0.2) is 73.3 Å². The number of carbonyl (C=O) groups excluding carboxylic acids is 1. The van der Waals surface area contributed by atoms with Crippen molar-refractivity contribution < 1.29 is 10.0 Å². The topological polar surface area (TPSA) is 79.2 Å². The number of hydrogen-bond acceptors (Lipinski definition) is 4. The smallest absolute Gasteiger partial charge is 0.255 e. The molecule has 2 aromatic carbocycles. The molecule has 0 aliphatic carbocycles. The molecule has 0 fully saturated rings. The maximum absolute atomic E-state index is 12.1. The number of carbonyl (C=O) groups is 1. The van der Waals surface area contributed by atoms with Crippen molar-refractivity contribution in [1.29, 1.82) is 0 Å². The van der Waals surface area contributed by atoms with Crippen LogP contribution in [-0.2, 0) is 11.3 Å². The molecule has 0 aliphatic heterocycles. The first-order chi connectivity index (χ1) is 12.8. The van der Waals surface area contributed by atoms with Crippen molar-refractivity contribution in [1.82, 2.24) is 15.0 Å². The normalized spacial score (nSPS) is 11.7. The quantitative estimate of drug-likeness (QED) is 0.331. The number of amides is 1. The van der Waals surface area contributed by atoms with Crippen molar-refractivity contribution in [3.05, 3.63) is 84.4 Å². The van der Waals surface area contributed by atoms with Crippen LogP contribution in [-0.4, -0.2) is 27.2 Å². The maximum Gasteiger partial charge on any atom is 0.255 e. The van der Waals surface area contributed by atoms with Crippen molar-refractivity contribution in [2.75, 3.05) is 11.9 Å². The molecule has 0 saturated carbocycles. The molecule has 6 nitrogen and oxygen atoms in total. The Kier molecular flexibility index (Phi) is 6.01. The molecule has 0 aliphatic rings. The second kappa shape index (κ2) is 8.82. The van der Waals surface area contributed by atoms with Gasteiger partial charge in [0.15, 0.2) is 0 Å². The minimum atomic E-state index is -0.545. The van der Waals surface area contributed by atoms with Gasteiger partial charge in [-0.3, -0.25) is 10.0 Å². The van der Waals surface area contributed by atoms with Crippen molar-refractivity contribution in [3.8, 4) is 0 Å². The predicted octanol–water partition coefficient (Wildman–Crippen LogP) is 3.02. The lowest BCUT2D eigenvalue weighted by molar-refractivity contribution is -0.129. The summed E-state index contributed by atoms with van der Waals surface area (Å²) < 4.78 is 2.04. The third kappa shape index (κ3) is 4.49. The Hall–Kier alpha value is -3.12. The fourth-order valence-corrected chi connectivity index (χ4v) is 2.91. The molecular formula is C20H22N4O2. The van der Waals surface area contributed by atoms with E-state index < -0.39 is 11.8 Å². The van der Waals surface area contributed by atoms with E-state index in [1.165, 1.54) is 0 Å². The Balaban J connectivity index is 1.62. The van der Waals surface area contributed by atoms with Crippen LogP contribution < -0.4 is 10.8 Å². The second-order valence-corrected chi connectivity index (χ2v) is 6.02. The number of nitrogens with zero attached hydrogens (tertiary/aromatic N) is 2. The molecule has 0 spiro atoms. The molecule has 0 bridgehead atoms. The number of aromatic nitrogens is 2. The number of hydrogen-bond donors (Lipinski definition) is 3. The first-order valence-corrected chi connectivity index (χ1v) is 8.56. The van der Waals surface area contributed by atoms with Crippen molar-refractivity contribution in [3.63, 3.8) is 0 Å². The SMILES string of the molecule is O=C(NO)C(c1ccccc1)c1ccc(NCCCn2ccnc2)cc1. The molecule has 134 valence electrons. The summed E-state index contributed by atoms with van der Waals surface area (Å²) >= 11 is 0. The molecule has 1 aromatic heterocycles. The summed E-state index contributed by atoms with van der Waals surface area (Å²) in [5, 5.41) is 12.5. The highest BCUT2D eigenvalue weighted by Crippen LogP contribution is 2.26. The van der Waals surface area contributed by atoms with Crippen LogP contribution in [0, 0.1) is 0 Å². The molecule has 0 radical (unpaired) electrons. The van der Waals surface area contributed by atoms with E-state index >= 15 is 0 Å². The Morgan fingerprint density at radius 1 is 1.08 bits per heavy atom. The molecule has 3 rings (SSSR count). The zero-order chi connectivity index (χ0) is 18.2. The van der Waals surface area contributed by atoms with E-state index in [2.05, 4.69) is 10.3 Å². The average Bonchev–Trinajstić information content (AvgIpc) is 3.21. The van der Waals surface area contributed by atoms with Gasteiger partial charge in [-0.15, -0.1) is 0 Å². The molecule has 26 heavy (non-hydrogen) atoms. The van der Waals surface area contributed by atoms with Gasteiger partial charge in [-0.05, 0) is 29.7 Å². The molecule has 0 saturated heterocycles. The standard InChI is InChI=1S/C20H22N4O2/c25-20(23-26)19(16-5-2-1-3-6-16)17-7-9-18(10-8-17)22-11-4-13-24-14-12-21-15-24/h1-3,5-10,12,14-15,19,22,26H,4,11,13H2,(H,23,25). The summed E-state index contributed by atoms with van der Waals surface area (Å²) in [6.45, 7) is 1.76. The highest BCUT2D eigenvalue weighted by molar-refractivity contribution is 5.86. The number of imidazole rings is 1. The van der Waals surface area contributed by atoms with Gasteiger partial charge < -0.3 is 9.88 Å². The number of nitrogens with one attached hydrogen (secondary N) is 2. The Bertz CT molecular complexity index is 802. The van der Waals surface area contributed by atoms with Gasteiger partial charge in [-0.1, -0.05) is 42.5 Å². The zero-order valence-corrected chi connectivity index (χ0v) is 14.4. The van der Waals surface area contributed by atoms with Gasteiger partial charge in [0.1, 0.15) is 0 Å². The Morgan fingerprint density at radius 3 is 2.46 bits per heavy atom. The third-order valence-corrected chi connectivity index (χ3v) is 4.23. The van der Waals surface area contributed by atoms with Gasteiger partial charge in [0.05, 0.1) is 12.2 Å². The largest absolute Gasteiger partial charge is 0.385 e. The number of rotatable bonds is 8. The average molecular weight is 350 g/mol. The predicted molar refractivity (Wildman–Crippen MR) is 100.0 cm³/mol. The molecule has 3 aromatic rings. The molecule has 1 atom stereocenters. The molecule has 1 amide bonds. The van der Waals surface area contributed by atoms with Crippen LogP contribution in [0.25, 0.3) is 0 Å². The lowest BCUT2D eigenvalue weighted by Crippen LogP contribution is -2.27. The van der Waals surface area contributed by atoms with E-state index in [0.717, 1.165) is 36.3 Å². The van der Waals surface area contributed by atoms with Crippen molar-refractivity contribution in [2.45, 2.75) is 18.9 Å². The van der Waals surface area contributed by atoms with Crippen LogP contribution >= 0.6 is 0 Å². The molecule has 1 unspecified atom stereocenters. The van der Waals surface area contributed by atoms with Gasteiger partial charge in [-0.2, -0.15) is 0 Å². The molecule has 3 N–H and O–H groups in total. The first kappa shape index (κ1) is 17.7. The fourth-order valence-electron chi connectivity index (χ4n) is 2.91. The summed E-state index contributed by atoms with van der Waals surface area (Å²) in [4.78, 5) is 16.2. The summed E-state index contributed by atoms with van der Waals surface area (Å²) in [5.74, 6) is -0.992. The highest BCUT2D eigenvalue weighted by Gasteiger charge is 2.22. The van der Waals surface area contributed by atoms with Gasteiger partial charge >= 0.3 is 0 Å². The zero-order valence-electron chi connectivity index (χ0n) is 14.4. The van der Waals surface area contributed by atoms with Crippen LogP contribution in [0.2, 0.25) is 0 Å². The molecular weight excluding hydrogens is 328 g/mol. The number of hydroxylamine groups is 1. The van der Waals surface area contributed by atoms with Crippen LogP contribution in [0.1, 0.15) is 23.5 Å². The van der Waals surface area contributed by atoms with Crippen LogP contribution in [0.4, 0.5) is 5.69 Å². The van der Waals surface area contributed by atoms with Gasteiger partial charge in [0.2, 0.25) is 0 Å². The van der Waals surface area contributed by atoms with E-state index in [1.54, 1.807) is 11.7 Å². The van der Waals surface area contributed by atoms with Crippen molar-refractivity contribution >= 4 is 11.6 Å². The first-order valence-electron chi connectivity index (χ1n) is 8.56. The highest BCUT2D eigenvalue weighted by atomic mass is 16.5. The van der Waals surface area contributed by atoms with Crippen LogP contribution in [0.3, 0.4) is 0 Å². The van der Waals surface area contributed by atoms with E-state index in [0.29, 0.717) is 0 Å². The Labute approximate surface area is 152 Å². The van der Waals surface area contributed by atoms with Crippen LogP contribution in [0.5, 0.6) is 0 Å². The molecule has 6 heteroatoms. The minimum Gasteiger partial charge on any atom is -0.385 e. The monoisotopic (exact) mass is 350 g/mol. The third-order valence-electron chi connectivity index (χ3n) is 4.23. The number of aryl methyl sites for hydroxylation is 1. The minimum absolute atomic E-state index is 0.447. The molecule has 1 heterocycles.